The lowest BCUT2D eigenvalue weighted by Gasteiger charge is -2.12. The van der Waals surface area contributed by atoms with Crippen molar-refractivity contribution in [2.24, 2.45) is 16.9 Å². The minimum absolute atomic E-state index is 0. The minimum atomic E-state index is -0.387. The first-order valence-electron chi connectivity index (χ1n) is 5.37. The summed E-state index contributed by atoms with van der Waals surface area (Å²) in [6.07, 6.45) is 2.26. The fraction of sp³-hybridized carbons (Fsp3) is 0.333. The van der Waals surface area contributed by atoms with Crippen molar-refractivity contribution in [1.82, 2.24) is 0 Å². The van der Waals surface area contributed by atoms with Crippen LogP contribution < -0.4 is 11.5 Å². The lowest BCUT2D eigenvalue weighted by molar-refractivity contribution is -0.123. The van der Waals surface area contributed by atoms with Gasteiger partial charge in [-0.05, 0) is 37.0 Å². The normalized spacial score (nSPS) is 15.6. The number of carbonyl (C=O) groups excluding carboxylic acids is 1. The lowest BCUT2D eigenvalue weighted by atomic mass is 9.94. The van der Waals surface area contributed by atoms with E-state index < -0.39 is 0 Å². The lowest BCUT2D eigenvalue weighted by Crippen LogP contribution is -2.26. The summed E-state index contributed by atoms with van der Waals surface area (Å²) in [4.78, 5) is 11.3. The van der Waals surface area contributed by atoms with E-state index in [1.165, 1.54) is 0 Å². The second-order valence-electron chi connectivity index (χ2n) is 4.55. The summed E-state index contributed by atoms with van der Waals surface area (Å²) in [7, 11) is 0. The van der Waals surface area contributed by atoms with Gasteiger partial charge in [-0.1, -0.05) is 17.7 Å². The van der Waals surface area contributed by atoms with E-state index in [4.69, 9.17) is 28.5 Å². The van der Waals surface area contributed by atoms with Crippen molar-refractivity contribution >= 4 is 35.8 Å². The van der Waals surface area contributed by atoms with Crippen molar-refractivity contribution < 1.29 is 4.79 Å². The Kier molecular flexibility index (Phi) is 4.24. The van der Waals surface area contributed by atoms with Crippen LogP contribution in [0.25, 0.3) is 0 Å². The molecule has 5 N–H and O–H groups in total. The standard InChI is InChI=1S/C12H14ClN3O.ClH/c13-9-2-1-7(5-8(9)10(14)15)6-12(3-4-12)11(16)17;/h1-2,5H,3-4,6H2,(H3,14,15)(H2,16,17);1H. The highest BCUT2D eigenvalue weighted by Gasteiger charge is 2.48. The number of hydrogen-bond acceptors (Lipinski definition) is 2. The molecule has 0 heterocycles. The van der Waals surface area contributed by atoms with Gasteiger partial charge in [0.25, 0.3) is 0 Å². The summed E-state index contributed by atoms with van der Waals surface area (Å²) in [6.45, 7) is 0. The fourth-order valence-electron chi connectivity index (χ4n) is 1.94. The number of nitrogens with two attached hydrogens (primary N) is 2. The molecular weight excluding hydrogens is 273 g/mol. The quantitative estimate of drug-likeness (QED) is 0.582. The number of benzene rings is 1. The molecule has 98 valence electrons. The Hall–Kier alpha value is -1.26. The highest BCUT2D eigenvalue weighted by atomic mass is 35.5. The molecule has 18 heavy (non-hydrogen) atoms. The van der Waals surface area contributed by atoms with E-state index in [1.807, 2.05) is 6.07 Å². The number of halogens is 2. The SMILES string of the molecule is Cl.N=C(N)c1cc(CC2(C(N)=O)CC2)ccc1Cl. The number of primary amides is 1. The van der Waals surface area contributed by atoms with Crippen molar-refractivity contribution in [2.75, 3.05) is 0 Å². The summed E-state index contributed by atoms with van der Waals surface area (Å²) in [5, 5.41) is 7.85. The first-order chi connectivity index (χ1) is 7.94. The van der Waals surface area contributed by atoms with Gasteiger partial charge < -0.3 is 11.5 Å². The van der Waals surface area contributed by atoms with Crippen molar-refractivity contribution in [3.8, 4) is 0 Å². The number of nitrogens with one attached hydrogen (secondary N) is 1. The number of carbonyl (C=O) groups is 1. The van der Waals surface area contributed by atoms with E-state index in [9.17, 15) is 4.79 Å². The van der Waals surface area contributed by atoms with E-state index in [0.717, 1.165) is 18.4 Å². The third kappa shape index (κ3) is 2.76. The van der Waals surface area contributed by atoms with Gasteiger partial charge in [0.05, 0.1) is 10.4 Å². The maximum Gasteiger partial charge on any atom is 0.223 e. The van der Waals surface area contributed by atoms with Crippen LogP contribution in [0.2, 0.25) is 5.02 Å². The summed E-state index contributed by atoms with van der Waals surface area (Å²) in [5.74, 6) is -0.322. The van der Waals surface area contributed by atoms with Crippen LogP contribution in [0.3, 0.4) is 0 Å². The third-order valence-electron chi connectivity index (χ3n) is 3.24. The van der Waals surface area contributed by atoms with E-state index in [1.54, 1.807) is 12.1 Å². The predicted octanol–water partition coefficient (Wildman–Crippen LogP) is 1.85. The van der Waals surface area contributed by atoms with Gasteiger partial charge in [0.2, 0.25) is 5.91 Å². The topological polar surface area (TPSA) is 93.0 Å². The van der Waals surface area contributed by atoms with Crippen molar-refractivity contribution in [3.63, 3.8) is 0 Å². The Labute approximate surface area is 117 Å². The van der Waals surface area contributed by atoms with Crippen LogP contribution in [0.1, 0.15) is 24.0 Å². The molecule has 0 spiro atoms. The summed E-state index contributed by atoms with van der Waals surface area (Å²) >= 11 is 5.93. The molecule has 1 saturated carbocycles. The molecule has 4 nitrogen and oxygen atoms in total. The van der Waals surface area contributed by atoms with Crippen molar-refractivity contribution in [2.45, 2.75) is 19.3 Å². The second-order valence-corrected chi connectivity index (χ2v) is 4.96. The summed E-state index contributed by atoms with van der Waals surface area (Å²) in [5.41, 5.74) is 11.9. The molecule has 0 unspecified atom stereocenters. The third-order valence-corrected chi connectivity index (χ3v) is 3.57. The zero-order chi connectivity index (χ0) is 12.6. The molecule has 1 fully saturated rings. The Balaban J connectivity index is 0.00000162. The van der Waals surface area contributed by atoms with Crippen molar-refractivity contribution in [1.29, 1.82) is 5.41 Å². The van der Waals surface area contributed by atoms with Crippen LogP contribution in [-0.4, -0.2) is 11.7 Å². The fourth-order valence-corrected chi connectivity index (χ4v) is 2.16. The van der Waals surface area contributed by atoms with Gasteiger partial charge >= 0.3 is 0 Å². The second kappa shape index (κ2) is 5.16. The van der Waals surface area contributed by atoms with Crippen LogP contribution in [0, 0.1) is 10.8 Å². The van der Waals surface area contributed by atoms with Crippen LogP contribution >= 0.6 is 24.0 Å². The Bertz CT molecular complexity index is 498. The minimum Gasteiger partial charge on any atom is -0.384 e. The van der Waals surface area contributed by atoms with Gasteiger partial charge in [-0.15, -0.1) is 12.4 Å². The Morgan fingerprint density at radius 3 is 2.44 bits per heavy atom. The van der Waals surface area contributed by atoms with Crippen LogP contribution in [0.15, 0.2) is 18.2 Å². The van der Waals surface area contributed by atoms with Gasteiger partial charge in [0, 0.05) is 5.56 Å². The maximum absolute atomic E-state index is 11.3. The number of nitrogen functional groups attached to an aromatic ring is 1. The van der Waals surface area contributed by atoms with E-state index >= 15 is 0 Å². The summed E-state index contributed by atoms with van der Waals surface area (Å²) in [6, 6.07) is 5.30. The van der Waals surface area contributed by atoms with Gasteiger partial charge in [0.15, 0.2) is 0 Å². The molecule has 2 rings (SSSR count). The molecule has 0 radical (unpaired) electrons. The maximum atomic E-state index is 11.3. The zero-order valence-corrected chi connectivity index (χ0v) is 11.3. The van der Waals surface area contributed by atoms with E-state index in [0.29, 0.717) is 17.0 Å². The van der Waals surface area contributed by atoms with Crippen LogP contribution in [0.5, 0.6) is 0 Å². The molecule has 0 bridgehead atoms. The molecule has 0 atom stereocenters. The van der Waals surface area contributed by atoms with Crippen LogP contribution in [-0.2, 0) is 11.2 Å². The zero-order valence-electron chi connectivity index (χ0n) is 9.70. The monoisotopic (exact) mass is 287 g/mol. The molecule has 0 aliphatic heterocycles. The number of amides is 1. The van der Waals surface area contributed by atoms with Gasteiger partial charge in [-0.2, -0.15) is 0 Å². The summed E-state index contributed by atoms with van der Waals surface area (Å²) < 4.78 is 0. The molecule has 1 amide bonds. The van der Waals surface area contributed by atoms with E-state index in [-0.39, 0.29) is 29.6 Å². The molecule has 1 aliphatic carbocycles. The molecule has 6 heteroatoms. The van der Waals surface area contributed by atoms with Crippen molar-refractivity contribution in [3.05, 3.63) is 34.3 Å². The first-order valence-corrected chi connectivity index (χ1v) is 5.75. The number of hydrogen-bond donors (Lipinski definition) is 3. The molecule has 1 aromatic rings. The molecule has 1 aromatic carbocycles. The first kappa shape index (κ1) is 14.8. The number of rotatable bonds is 4. The smallest absolute Gasteiger partial charge is 0.223 e. The molecule has 0 saturated heterocycles. The van der Waals surface area contributed by atoms with Gasteiger partial charge in [-0.25, -0.2) is 0 Å². The molecule has 1 aliphatic rings. The van der Waals surface area contributed by atoms with E-state index in [2.05, 4.69) is 0 Å². The highest BCUT2D eigenvalue weighted by molar-refractivity contribution is 6.33. The van der Waals surface area contributed by atoms with Gasteiger partial charge in [-0.3, -0.25) is 10.2 Å². The molecular formula is C12H15Cl2N3O. The Morgan fingerprint density at radius 2 is 2.00 bits per heavy atom. The molecule has 0 aromatic heterocycles. The largest absolute Gasteiger partial charge is 0.384 e. The number of amidine groups is 1. The average molecular weight is 288 g/mol. The van der Waals surface area contributed by atoms with Crippen LogP contribution in [0.4, 0.5) is 0 Å². The highest BCUT2D eigenvalue weighted by Crippen LogP contribution is 2.48. The van der Waals surface area contributed by atoms with Gasteiger partial charge in [0.1, 0.15) is 5.84 Å². The Morgan fingerprint density at radius 1 is 1.39 bits per heavy atom. The average Bonchev–Trinajstić information content (AvgIpc) is 3.01. The predicted molar refractivity (Wildman–Crippen MR) is 74.3 cm³/mol.